The van der Waals surface area contributed by atoms with Crippen molar-refractivity contribution in [2.24, 2.45) is 14.1 Å². The van der Waals surface area contributed by atoms with Crippen LogP contribution in [0.5, 0.6) is 0 Å². The van der Waals surface area contributed by atoms with Gasteiger partial charge in [0, 0.05) is 32.1 Å². The number of fused-ring (bicyclic) bond motifs is 1. The first-order chi connectivity index (χ1) is 14.4. The van der Waals surface area contributed by atoms with Gasteiger partial charge in [0.1, 0.15) is 17.5 Å². The van der Waals surface area contributed by atoms with Gasteiger partial charge in [0.05, 0.1) is 34.2 Å². The lowest BCUT2D eigenvalue weighted by molar-refractivity contribution is 0.768. The molecule has 1 atom stereocenters. The zero-order valence-electron chi connectivity index (χ0n) is 17.5. The number of aryl methyl sites for hydroxylation is 3. The van der Waals surface area contributed by atoms with Crippen LogP contribution in [0.2, 0.25) is 0 Å². The average Bonchev–Trinajstić information content (AvgIpc) is 3.32. The van der Waals surface area contributed by atoms with Crippen molar-refractivity contribution in [1.82, 2.24) is 29.3 Å². The van der Waals surface area contributed by atoms with Crippen molar-refractivity contribution in [2.45, 2.75) is 25.0 Å². The van der Waals surface area contributed by atoms with E-state index in [9.17, 15) is 5.26 Å². The predicted octanol–water partition coefficient (Wildman–Crippen LogP) is 3.84. The van der Waals surface area contributed by atoms with Crippen LogP contribution in [0.25, 0.3) is 22.3 Å². The summed E-state index contributed by atoms with van der Waals surface area (Å²) in [6.45, 7) is 3.85. The number of rotatable bonds is 5. The topological polar surface area (TPSA) is 97.2 Å². The van der Waals surface area contributed by atoms with E-state index in [4.69, 9.17) is 4.98 Å². The fraction of sp³-hybridized carbons (Fsp3) is 0.286. The minimum Gasteiger partial charge on any atom is -0.361 e. The average molecular weight is 419 g/mol. The summed E-state index contributed by atoms with van der Waals surface area (Å²) in [4.78, 5) is 13.9. The number of aromatic nitrogens is 6. The molecule has 1 N–H and O–H groups in total. The molecule has 0 aliphatic carbocycles. The third-order valence-corrected chi connectivity index (χ3v) is 5.67. The van der Waals surface area contributed by atoms with E-state index in [0.29, 0.717) is 22.2 Å². The van der Waals surface area contributed by atoms with Gasteiger partial charge in [-0.1, -0.05) is 11.8 Å². The van der Waals surface area contributed by atoms with Gasteiger partial charge < -0.3 is 9.88 Å². The van der Waals surface area contributed by atoms with E-state index in [0.717, 1.165) is 28.0 Å². The summed E-state index contributed by atoms with van der Waals surface area (Å²) in [6, 6.07) is 8.13. The van der Waals surface area contributed by atoms with Crippen LogP contribution in [-0.4, -0.2) is 35.6 Å². The summed E-state index contributed by atoms with van der Waals surface area (Å²) in [6.07, 6.45) is 5.69. The molecule has 0 radical (unpaired) electrons. The van der Waals surface area contributed by atoms with Gasteiger partial charge in [-0.3, -0.25) is 4.68 Å². The maximum atomic E-state index is 9.62. The lowest BCUT2D eigenvalue weighted by Crippen LogP contribution is -2.14. The summed E-state index contributed by atoms with van der Waals surface area (Å²) in [5.41, 5.74) is 5.88. The van der Waals surface area contributed by atoms with Crippen molar-refractivity contribution in [3.8, 4) is 17.3 Å². The Morgan fingerprint density at radius 1 is 1.20 bits per heavy atom. The molecular formula is C21H22N8S. The number of nitrogens with one attached hydrogen (secondary N) is 1. The zero-order valence-corrected chi connectivity index (χ0v) is 18.3. The summed E-state index contributed by atoms with van der Waals surface area (Å²) in [7, 11) is 3.92. The number of nitriles is 1. The van der Waals surface area contributed by atoms with Crippen LogP contribution in [0, 0.1) is 18.3 Å². The molecule has 9 heteroatoms. The molecule has 0 aliphatic heterocycles. The van der Waals surface area contributed by atoms with E-state index in [1.54, 1.807) is 6.20 Å². The zero-order chi connectivity index (χ0) is 21.4. The second kappa shape index (κ2) is 7.80. The number of hydrogen-bond acceptors (Lipinski definition) is 7. The molecule has 4 aromatic heterocycles. The Morgan fingerprint density at radius 2 is 2.00 bits per heavy atom. The lowest BCUT2D eigenvalue weighted by Gasteiger charge is -2.19. The highest BCUT2D eigenvalue weighted by Crippen LogP contribution is 2.32. The summed E-state index contributed by atoms with van der Waals surface area (Å²) >= 11 is 1.45. The molecule has 0 amide bonds. The normalized spacial score (nSPS) is 12.1. The molecule has 0 aliphatic rings. The molecule has 4 heterocycles. The van der Waals surface area contributed by atoms with Crippen LogP contribution in [0.1, 0.15) is 29.9 Å². The fourth-order valence-corrected chi connectivity index (χ4v) is 3.93. The highest BCUT2D eigenvalue weighted by molar-refractivity contribution is 7.98. The molecule has 0 bridgehead atoms. The van der Waals surface area contributed by atoms with Gasteiger partial charge >= 0.3 is 0 Å². The minimum absolute atomic E-state index is 0.199. The standard InChI is InChI=1S/C21H22N8S/c1-12-15(11-22)20(27-21(25-12)30-5)24-13(2)19-14(17-6-8-23-29(17)4)10-18-16(26-19)7-9-28(18)3/h6-10,13H,1-5H3,(H,24,25,27). The Morgan fingerprint density at radius 3 is 2.67 bits per heavy atom. The van der Waals surface area contributed by atoms with Crippen LogP contribution in [-0.2, 0) is 14.1 Å². The Hall–Kier alpha value is -3.38. The van der Waals surface area contributed by atoms with E-state index in [1.807, 2.05) is 57.2 Å². The van der Waals surface area contributed by atoms with Crippen LogP contribution in [0.15, 0.2) is 35.7 Å². The van der Waals surface area contributed by atoms with Gasteiger partial charge in [-0.25, -0.2) is 15.0 Å². The van der Waals surface area contributed by atoms with Crippen molar-refractivity contribution in [1.29, 1.82) is 5.26 Å². The van der Waals surface area contributed by atoms with Gasteiger partial charge in [0.15, 0.2) is 5.16 Å². The Kier molecular flexibility index (Phi) is 5.18. The van der Waals surface area contributed by atoms with Crippen molar-refractivity contribution in [3.05, 3.63) is 47.5 Å². The molecule has 0 aromatic carbocycles. The third kappa shape index (κ3) is 3.39. The number of hydrogen-bond donors (Lipinski definition) is 1. The van der Waals surface area contributed by atoms with Crippen LogP contribution in [0.3, 0.4) is 0 Å². The summed E-state index contributed by atoms with van der Waals surface area (Å²) < 4.78 is 3.89. The van der Waals surface area contributed by atoms with E-state index < -0.39 is 0 Å². The molecule has 4 rings (SSSR count). The number of thioether (sulfide) groups is 1. The molecule has 0 saturated carbocycles. The van der Waals surface area contributed by atoms with E-state index in [1.165, 1.54) is 11.8 Å². The maximum absolute atomic E-state index is 9.62. The second-order valence-electron chi connectivity index (χ2n) is 7.09. The number of nitrogens with zero attached hydrogens (tertiary/aromatic N) is 7. The summed E-state index contributed by atoms with van der Waals surface area (Å²) in [5, 5.41) is 18.0. The van der Waals surface area contributed by atoms with Crippen LogP contribution in [0.4, 0.5) is 5.82 Å². The first-order valence-corrected chi connectivity index (χ1v) is 10.7. The SMILES string of the molecule is CSc1nc(C)c(C#N)c(NC(C)c2nc3ccn(C)c3cc2-c2ccnn2C)n1. The summed E-state index contributed by atoms with van der Waals surface area (Å²) in [5.74, 6) is 0.521. The smallest absolute Gasteiger partial charge is 0.189 e. The fourth-order valence-electron chi connectivity index (χ4n) is 3.52. The van der Waals surface area contributed by atoms with Crippen molar-refractivity contribution < 1.29 is 0 Å². The van der Waals surface area contributed by atoms with Gasteiger partial charge in [0.2, 0.25) is 0 Å². The van der Waals surface area contributed by atoms with Crippen LogP contribution < -0.4 is 5.32 Å². The van der Waals surface area contributed by atoms with E-state index in [2.05, 4.69) is 37.1 Å². The molecule has 1 unspecified atom stereocenters. The third-order valence-electron chi connectivity index (χ3n) is 5.12. The number of anilines is 1. The highest BCUT2D eigenvalue weighted by atomic mass is 32.2. The quantitative estimate of drug-likeness (QED) is 0.388. The highest BCUT2D eigenvalue weighted by Gasteiger charge is 2.21. The van der Waals surface area contributed by atoms with Crippen molar-refractivity contribution in [2.75, 3.05) is 11.6 Å². The Balaban J connectivity index is 1.84. The van der Waals surface area contributed by atoms with Gasteiger partial charge in [-0.15, -0.1) is 0 Å². The monoisotopic (exact) mass is 418 g/mol. The molecule has 0 spiro atoms. The van der Waals surface area contributed by atoms with E-state index >= 15 is 0 Å². The maximum Gasteiger partial charge on any atom is 0.189 e. The molecule has 30 heavy (non-hydrogen) atoms. The van der Waals surface area contributed by atoms with Gasteiger partial charge in [-0.05, 0) is 38.3 Å². The predicted molar refractivity (Wildman–Crippen MR) is 118 cm³/mol. The first-order valence-electron chi connectivity index (χ1n) is 9.46. The van der Waals surface area contributed by atoms with E-state index in [-0.39, 0.29) is 6.04 Å². The lowest BCUT2D eigenvalue weighted by atomic mass is 10.0. The Bertz CT molecular complexity index is 1280. The van der Waals surface area contributed by atoms with Gasteiger partial charge in [-0.2, -0.15) is 10.4 Å². The van der Waals surface area contributed by atoms with Crippen molar-refractivity contribution >= 4 is 28.6 Å². The molecule has 152 valence electrons. The molecule has 8 nitrogen and oxygen atoms in total. The molecule has 0 fully saturated rings. The van der Waals surface area contributed by atoms with Gasteiger partial charge in [0.25, 0.3) is 0 Å². The van der Waals surface area contributed by atoms with Crippen molar-refractivity contribution in [3.63, 3.8) is 0 Å². The molecular weight excluding hydrogens is 396 g/mol. The number of pyridine rings is 1. The second-order valence-corrected chi connectivity index (χ2v) is 7.86. The minimum atomic E-state index is -0.199. The molecule has 4 aromatic rings. The Labute approximate surface area is 179 Å². The largest absolute Gasteiger partial charge is 0.361 e. The van der Waals surface area contributed by atoms with Crippen LogP contribution >= 0.6 is 11.8 Å². The molecule has 0 saturated heterocycles. The first kappa shape index (κ1) is 19.9.